The topological polar surface area (TPSA) is 57.8 Å². The molecule has 6 nitrogen and oxygen atoms in total. The number of nitrogens with one attached hydrogen (secondary N) is 1. The van der Waals surface area contributed by atoms with E-state index in [4.69, 9.17) is 21.7 Å². The van der Waals surface area contributed by atoms with Gasteiger partial charge in [-0.1, -0.05) is 47.3 Å². The Hall–Kier alpha value is -2.42. The molecule has 1 N–H and O–H groups in total. The second-order valence-electron chi connectivity index (χ2n) is 9.93. The van der Waals surface area contributed by atoms with Crippen molar-refractivity contribution < 1.29 is 14.3 Å². The number of fused-ring (bicyclic) bond motifs is 4. The van der Waals surface area contributed by atoms with Gasteiger partial charge in [-0.2, -0.15) is 0 Å². The first kappa shape index (κ1) is 23.9. The Balaban J connectivity index is 1.43. The van der Waals surface area contributed by atoms with E-state index in [1.807, 2.05) is 23.1 Å². The number of aromatic nitrogens is 1. The van der Waals surface area contributed by atoms with Crippen LogP contribution in [-0.4, -0.2) is 58.2 Å². The minimum absolute atomic E-state index is 0.159. The average Bonchev–Trinajstić information content (AvgIpc) is 3.38. The van der Waals surface area contributed by atoms with Crippen molar-refractivity contribution in [1.29, 1.82) is 0 Å². The van der Waals surface area contributed by atoms with E-state index < -0.39 is 0 Å². The maximum Gasteiger partial charge on any atom is 0.252 e. The van der Waals surface area contributed by atoms with Crippen molar-refractivity contribution in [2.24, 2.45) is 0 Å². The minimum atomic E-state index is -0.285. The summed E-state index contributed by atoms with van der Waals surface area (Å²) >= 11 is 9.71. The lowest BCUT2D eigenvalue weighted by Crippen LogP contribution is -2.44. The van der Waals surface area contributed by atoms with Crippen LogP contribution in [0.1, 0.15) is 55.0 Å². The number of amides is 1. The summed E-state index contributed by atoms with van der Waals surface area (Å²) < 4.78 is 11.9. The first-order valence-corrected chi connectivity index (χ1v) is 13.9. The lowest BCUT2D eigenvalue weighted by molar-refractivity contribution is -0.130. The molecule has 8 heteroatoms. The number of nitrogens with zero attached hydrogens (tertiary/aromatic N) is 2. The number of carbonyl (C=O) groups excluding carboxylic acids is 1. The molecule has 2 atom stereocenters. The van der Waals surface area contributed by atoms with Crippen molar-refractivity contribution in [1.82, 2.24) is 14.8 Å². The van der Waals surface area contributed by atoms with Crippen molar-refractivity contribution in [3.8, 4) is 5.75 Å². The summed E-state index contributed by atoms with van der Waals surface area (Å²) in [6, 6.07) is 14.2. The molecule has 1 saturated heterocycles. The molecule has 2 aliphatic heterocycles. The van der Waals surface area contributed by atoms with Gasteiger partial charge in [0, 0.05) is 40.6 Å². The zero-order chi connectivity index (χ0) is 24.8. The second-order valence-corrected chi connectivity index (χ2v) is 11.2. The van der Waals surface area contributed by atoms with Gasteiger partial charge in [-0.05, 0) is 66.5 Å². The lowest BCUT2D eigenvalue weighted by Gasteiger charge is -2.38. The first-order chi connectivity index (χ1) is 17.6. The predicted molar refractivity (Wildman–Crippen MR) is 147 cm³/mol. The average molecular weight is 569 g/mol. The van der Waals surface area contributed by atoms with Gasteiger partial charge in [-0.15, -0.1) is 0 Å². The Morgan fingerprint density at radius 3 is 2.61 bits per heavy atom. The fourth-order valence-corrected chi connectivity index (χ4v) is 6.96. The molecule has 2 unspecified atom stereocenters. The summed E-state index contributed by atoms with van der Waals surface area (Å²) in [6.07, 6.45) is 6.28. The number of aromatic amines is 1. The quantitative estimate of drug-likeness (QED) is 0.304. The molecule has 2 fully saturated rings. The molecule has 0 bridgehead atoms. The maximum absolute atomic E-state index is 13.9. The third-order valence-corrected chi connectivity index (χ3v) is 8.73. The standard InChI is InChI=1S/C28H30BrN3O3S/c1-34-13-14-35-20-10-7-17(8-11-20)26-25-22(21-15-18(29)9-12-23(21)30-25)16-24-27(33)31(28(36)32(24)26)19-5-3-2-4-6-19/h7-12,15,19,24,26,30H,2-6,13-14,16H2,1H3. The maximum atomic E-state index is 13.9. The van der Waals surface area contributed by atoms with Gasteiger partial charge < -0.3 is 19.4 Å². The molecule has 0 radical (unpaired) electrons. The van der Waals surface area contributed by atoms with Crippen LogP contribution in [0.2, 0.25) is 0 Å². The molecule has 1 aromatic heterocycles. The molecule has 3 aromatic rings. The fourth-order valence-electron chi connectivity index (χ4n) is 6.13. The molecule has 0 spiro atoms. The summed E-state index contributed by atoms with van der Waals surface area (Å²) in [5.74, 6) is 0.958. The molecule has 3 heterocycles. The van der Waals surface area contributed by atoms with Crippen molar-refractivity contribution in [3.05, 3.63) is 63.8 Å². The number of rotatable bonds is 6. The minimum Gasteiger partial charge on any atom is -0.491 e. The van der Waals surface area contributed by atoms with E-state index in [1.165, 1.54) is 17.4 Å². The number of benzene rings is 2. The van der Waals surface area contributed by atoms with Gasteiger partial charge in [0.15, 0.2) is 5.11 Å². The van der Waals surface area contributed by atoms with E-state index in [9.17, 15) is 4.79 Å². The molecular formula is C28H30BrN3O3S. The zero-order valence-electron chi connectivity index (χ0n) is 20.3. The summed E-state index contributed by atoms with van der Waals surface area (Å²) in [6.45, 7) is 1.05. The van der Waals surface area contributed by atoms with Crippen LogP contribution in [-0.2, 0) is 16.0 Å². The highest BCUT2D eigenvalue weighted by Crippen LogP contribution is 2.45. The van der Waals surface area contributed by atoms with E-state index in [2.05, 4.69) is 50.1 Å². The van der Waals surface area contributed by atoms with Crippen LogP contribution in [0.4, 0.5) is 0 Å². The molecular weight excluding hydrogens is 538 g/mol. The first-order valence-electron chi connectivity index (χ1n) is 12.7. The number of hydrogen-bond acceptors (Lipinski definition) is 4. The normalized spacial score (nSPS) is 22.3. The van der Waals surface area contributed by atoms with Crippen LogP contribution in [0.5, 0.6) is 5.75 Å². The van der Waals surface area contributed by atoms with Crippen LogP contribution in [0.15, 0.2) is 46.9 Å². The molecule has 1 amide bonds. The third kappa shape index (κ3) is 4.03. The third-order valence-electron chi connectivity index (χ3n) is 7.83. The van der Waals surface area contributed by atoms with Crippen LogP contribution >= 0.6 is 28.1 Å². The van der Waals surface area contributed by atoms with Gasteiger partial charge in [-0.25, -0.2) is 0 Å². The van der Waals surface area contributed by atoms with Crippen molar-refractivity contribution >= 4 is 50.1 Å². The van der Waals surface area contributed by atoms with E-state index in [0.29, 0.717) is 24.7 Å². The Morgan fingerprint density at radius 2 is 1.86 bits per heavy atom. The van der Waals surface area contributed by atoms with Crippen LogP contribution in [0, 0.1) is 0 Å². The Morgan fingerprint density at radius 1 is 1.08 bits per heavy atom. The lowest BCUT2D eigenvalue weighted by atomic mass is 9.88. The number of halogens is 1. The van der Waals surface area contributed by atoms with Gasteiger partial charge in [0.05, 0.1) is 12.6 Å². The number of methoxy groups -OCH3 is 1. The summed E-state index contributed by atoms with van der Waals surface area (Å²) in [7, 11) is 1.67. The van der Waals surface area contributed by atoms with E-state index in [0.717, 1.165) is 52.7 Å². The predicted octanol–water partition coefficient (Wildman–Crippen LogP) is 5.73. The van der Waals surface area contributed by atoms with Crippen molar-refractivity contribution in [2.75, 3.05) is 20.3 Å². The molecule has 3 aliphatic rings. The second kappa shape index (κ2) is 9.80. The Kier molecular flexibility index (Phi) is 6.52. The number of H-pyrrole nitrogens is 1. The summed E-state index contributed by atoms with van der Waals surface area (Å²) in [5, 5.41) is 1.84. The molecule has 2 aromatic carbocycles. The van der Waals surface area contributed by atoms with Gasteiger partial charge >= 0.3 is 0 Å². The number of ether oxygens (including phenoxy) is 2. The van der Waals surface area contributed by atoms with E-state index in [1.54, 1.807) is 7.11 Å². The summed E-state index contributed by atoms with van der Waals surface area (Å²) in [5.41, 5.74) is 4.50. The van der Waals surface area contributed by atoms with Gasteiger partial charge in [0.2, 0.25) is 0 Å². The van der Waals surface area contributed by atoms with Crippen LogP contribution in [0.25, 0.3) is 10.9 Å². The van der Waals surface area contributed by atoms with Crippen LogP contribution < -0.4 is 4.74 Å². The monoisotopic (exact) mass is 567 g/mol. The summed E-state index contributed by atoms with van der Waals surface area (Å²) in [4.78, 5) is 21.7. The molecule has 188 valence electrons. The van der Waals surface area contributed by atoms with Crippen molar-refractivity contribution in [3.63, 3.8) is 0 Å². The SMILES string of the molecule is COCCOc1ccc(C2c3[nH]c4ccc(Br)cc4c3CC3C(=O)N(C4CCCCC4)C(=S)N32)cc1. The van der Waals surface area contributed by atoms with Gasteiger partial charge in [-0.3, -0.25) is 9.69 Å². The highest BCUT2D eigenvalue weighted by molar-refractivity contribution is 9.10. The molecule has 1 saturated carbocycles. The largest absolute Gasteiger partial charge is 0.491 e. The fraction of sp³-hybridized carbons (Fsp3) is 0.429. The van der Waals surface area contributed by atoms with E-state index in [-0.39, 0.29) is 24.0 Å². The van der Waals surface area contributed by atoms with Gasteiger partial charge in [0.25, 0.3) is 5.91 Å². The number of hydrogen-bond donors (Lipinski definition) is 1. The molecule has 36 heavy (non-hydrogen) atoms. The smallest absolute Gasteiger partial charge is 0.252 e. The Labute approximate surface area is 225 Å². The van der Waals surface area contributed by atoms with Crippen molar-refractivity contribution in [2.45, 2.75) is 56.7 Å². The number of thiocarbonyl (C=S) groups is 1. The zero-order valence-corrected chi connectivity index (χ0v) is 22.7. The highest BCUT2D eigenvalue weighted by Gasteiger charge is 2.52. The number of carbonyl (C=O) groups is 1. The van der Waals surface area contributed by atoms with E-state index >= 15 is 0 Å². The molecule has 6 rings (SSSR count). The Bertz CT molecular complexity index is 1300. The van der Waals surface area contributed by atoms with Crippen LogP contribution in [0.3, 0.4) is 0 Å². The molecule has 1 aliphatic carbocycles. The highest BCUT2D eigenvalue weighted by atomic mass is 79.9. The van der Waals surface area contributed by atoms with Gasteiger partial charge in [0.1, 0.15) is 18.4 Å².